The number of ether oxygens (including phenoxy) is 1. The fraction of sp³-hybridized carbons (Fsp3) is 0.500. The minimum absolute atomic E-state index is 0.0990. The molecule has 20 heavy (non-hydrogen) atoms. The highest BCUT2D eigenvalue weighted by atomic mass is 32.2. The van der Waals surface area contributed by atoms with E-state index in [0.29, 0.717) is 12.0 Å². The highest BCUT2D eigenvalue weighted by molar-refractivity contribution is 7.89. The molecular formula is C14H21NO4S. The van der Waals surface area contributed by atoms with Crippen LogP contribution in [0.4, 0.5) is 0 Å². The molecule has 0 fully saturated rings. The van der Waals surface area contributed by atoms with E-state index in [-0.39, 0.29) is 10.5 Å². The van der Waals surface area contributed by atoms with E-state index in [2.05, 4.69) is 9.46 Å². The van der Waals surface area contributed by atoms with Crippen LogP contribution in [-0.2, 0) is 14.8 Å². The molecular weight excluding hydrogens is 278 g/mol. The zero-order chi connectivity index (χ0) is 15.6. The largest absolute Gasteiger partial charge is 0.465 e. The summed E-state index contributed by atoms with van der Waals surface area (Å²) in [6.07, 6.45) is 0.655. The van der Waals surface area contributed by atoms with Crippen molar-refractivity contribution in [2.24, 2.45) is 0 Å². The predicted molar refractivity (Wildman–Crippen MR) is 77.2 cm³/mol. The third-order valence-electron chi connectivity index (χ3n) is 3.19. The van der Waals surface area contributed by atoms with Crippen LogP contribution < -0.4 is 4.72 Å². The van der Waals surface area contributed by atoms with Gasteiger partial charge in [0, 0.05) is 5.54 Å². The van der Waals surface area contributed by atoms with Crippen LogP contribution in [0.1, 0.15) is 43.1 Å². The molecule has 0 atom stereocenters. The molecule has 0 aliphatic rings. The Labute approximate surface area is 120 Å². The van der Waals surface area contributed by atoms with Gasteiger partial charge in [-0.3, -0.25) is 0 Å². The molecule has 1 N–H and O–H groups in total. The number of hydrogen-bond donors (Lipinski definition) is 1. The van der Waals surface area contributed by atoms with Crippen LogP contribution in [0.25, 0.3) is 0 Å². The second kappa shape index (κ2) is 5.93. The number of nitrogens with one attached hydrogen (secondary N) is 1. The van der Waals surface area contributed by atoms with Gasteiger partial charge in [-0.15, -0.1) is 0 Å². The standard InChI is InChI=1S/C14H21NO4S/c1-6-14(3,4)15-20(17,18)12-9-11(13(16)19-5)8-7-10(12)2/h7-9,15H,6H2,1-5H3. The molecule has 0 aromatic heterocycles. The van der Waals surface area contributed by atoms with E-state index in [1.54, 1.807) is 19.1 Å². The molecule has 0 unspecified atom stereocenters. The Morgan fingerprint density at radius 2 is 1.95 bits per heavy atom. The fourth-order valence-corrected chi connectivity index (χ4v) is 3.38. The smallest absolute Gasteiger partial charge is 0.337 e. The Balaban J connectivity index is 3.28. The van der Waals surface area contributed by atoms with E-state index >= 15 is 0 Å². The SMILES string of the molecule is CCC(C)(C)NS(=O)(=O)c1cc(C(=O)OC)ccc1C. The van der Waals surface area contributed by atoms with Gasteiger partial charge in [-0.25, -0.2) is 17.9 Å². The molecule has 0 heterocycles. The van der Waals surface area contributed by atoms with Crippen LogP contribution in [0.5, 0.6) is 0 Å². The summed E-state index contributed by atoms with van der Waals surface area (Å²) >= 11 is 0. The molecule has 0 bridgehead atoms. The minimum atomic E-state index is -3.68. The Kier molecular flexibility index (Phi) is 4.94. The molecule has 0 radical (unpaired) electrons. The zero-order valence-electron chi connectivity index (χ0n) is 12.5. The lowest BCUT2D eigenvalue weighted by atomic mass is 10.0. The van der Waals surface area contributed by atoms with Crippen molar-refractivity contribution in [3.8, 4) is 0 Å². The van der Waals surface area contributed by atoms with Crippen LogP contribution in [0.15, 0.2) is 23.1 Å². The van der Waals surface area contributed by atoms with Gasteiger partial charge >= 0.3 is 5.97 Å². The van der Waals surface area contributed by atoms with Crippen LogP contribution in [0.2, 0.25) is 0 Å². The molecule has 1 aromatic rings. The average molecular weight is 299 g/mol. The van der Waals surface area contributed by atoms with Gasteiger partial charge in [0.1, 0.15) is 0 Å². The highest BCUT2D eigenvalue weighted by Gasteiger charge is 2.26. The Morgan fingerprint density at radius 1 is 1.35 bits per heavy atom. The summed E-state index contributed by atoms with van der Waals surface area (Å²) in [4.78, 5) is 11.6. The van der Waals surface area contributed by atoms with E-state index in [1.807, 2.05) is 20.8 Å². The number of sulfonamides is 1. The Hall–Kier alpha value is -1.40. The van der Waals surface area contributed by atoms with Crippen LogP contribution in [0, 0.1) is 6.92 Å². The number of hydrogen-bond acceptors (Lipinski definition) is 4. The van der Waals surface area contributed by atoms with E-state index in [0.717, 1.165) is 0 Å². The lowest BCUT2D eigenvalue weighted by molar-refractivity contribution is 0.0600. The molecule has 0 amide bonds. The number of aryl methyl sites for hydroxylation is 1. The molecule has 0 saturated heterocycles. The number of methoxy groups -OCH3 is 1. The summed E-state index contributed by atoms with van der Waals surface area (Å²) in [5, 5.41) is 0. The maximum Gasteiger partial charge on any atom is 0.337 e. The first-order valence-electron chi connectivity index (χ1n) is 6.36. The Bertz CT molecular complexity index is 606. The first-order valence-corrected chi connectivity index (χ1v) is 7.84. The van der Waals surface area contributed by atoms with Crippen molar-refractivity contribution in [2.75, 3.05) is 7.11 Å². The molecule has 1 rings (SSSR count). The Morgan fingerprint density at radius 3 is 2.45 bits per heavy atom. The van der Waals surface area contributed by atoms with Crippen molar-refractivity contribution in [2.45, 2.75) is 44.6 Å². The highest BCUT2D eigenvalue weighted by Crippen LogP contribution is 2.20. The number of carbonyl (C=O) groups is 1. The van der Waals surface area contributed by atoms with E-state index in [4.69, 9.17) is 0 Å². The molecule has 0 aliphatic carbocycles. The molecule has 0 saturated carbocycles. The number of carbonyl (C=O) groups excluding carboxylic acids is 1. The summed E-state index contributed by atoms with van der Waals surface area (Å²) < 4.78 is 32.1. The molecule has 1 aromatic carbocycles. The molecule has 112 valence electrons. The first kappa shape index (κ1) is 16.7. The van der Waals surface area contributed by atoms with Crippen molar-refractivity contribution in [3.05, 3.63) is 29.3 Å². The van der Waals surface area contributed by atoms with E-state index < -0.39 is 21.5 Å². The zero-order valence-corrected chi connectivity index (χ0v) is 13.3. The van der Waals surface area contributed by atoms with Crippen molar-refractivity contribution < 1.29 is 17.9 Å². The summed E-state index contributed by atoms with van der Waals surface area (Å²) in [6, 6.07) is 4.49. The topological polar surface area (TPSA) is 72.5 Å². The van der Waals surface area contributed by atoms with Gasteiger partial charge in [-0.2, -0.15) is 0 Å². The lowest BCUT2D eigenvalue weighted by Gasteiger charge is -2.24. The van der Waals surface area contributed by atoms with Gasteiger partial charge in [-0.05, 0) is 44.9 Å². The van der Waals surface area contributed by atoms with E-state index in [1.165, 1.54) is 13.2 Å². The normalized spacial score (nSPS) is 12.2. The first-order chi connectivity index (χ1) is 9.13. The molecule has 0 spiro atoms. The average Bonchev–Trinajstić information content (AvgIpc) is 2.37. The number of rotatable bonds is 5. The fourth-order valence-electron chi connectivity index (χ4n) is 1.63. The maximum atomic E-state index is 12.4. The summed E-state index contributed by atoms with van der Waals surface area (Å²) in [5.74, 6) is -0.559. The maximum absolute atomic E-state index is 12.4. The van der Waals surface area contributed by atoms with Crippen LogP contribution >= 0.6 is 0 Å². The van der Waals surface area contributed by atoms with Gasteiger partial charge in [0.25, 0.3) is 0 Å². The van der Waals surface area contributed by atoms with Gasteiger partial charge in [0.05, 0.1) is 17.6 Å². The summed E-state index contributed by atoms with van der Waals surface area (Å²) in [6.45, 7) is 7.21. The lowest BCUT2D eigenvalue weighted by Crippen LogP contribution is -2.42. The van der Waals surface area contributed by atoms with Crippen LogP contribution in [0.3, 0.4) is 0 Å². The second-order valence-electron chi connectivity index (χ2n) is 5.31. The molecule has 0 aliphatic heterocycles. The van der Waals surface area contributed by atoms with Crippen molar-refractivity contribution in [1.29, 1.82) is 0 Å². The third-order valence-corrected chi connectivity index (χ3v) is 5.03. The van der Waals surface area contributed by atoms with Gasteiger partial charge in [0.15, 0.2) is 0 Å². The number of benzene rings is 1. The van der Waals surface area contributed by atoms with Gasteiger partial charge < -0.3 is 4.74 Å². The number of esters is 1. The third kappa shape index (κ3) is 3.80. The van der Waals surface area contributed by atoms with E-state index in [9.17, 15) is 13.2 Å². The minimum Gasteiger partial charge on any atom is -0.465 e. The van der Waals surface area contributed by atoms with Crippen molar-refractivity contribution in [3.63, 3.8) is 0 Å². The second-order valence-corrected chi connectivity index (χ2v) is 6.97. The quantitative estimate of drug-likeness (QED) is 0.846. The van der Waals surface area contributed by atoms with Crippen molar-refractivity contribution >= 4 is 16.0 Å². The van der Waals surface area contributed by atoms with Crippen molar-refractivity contribution in [1.82, 2.24) is 4.72 Å². The summed E-state index contributed by atoms with van der Waals surface area (Å²) in [5.41, 5.74) is 0.247. The van der Waals surface area contributed by atoms with Crippen LogP contribution in [-0.4, -0.2) is 27.0 Å². The van der Waals surface area contributed by atoms with Gasteiger partial charge in [-0.1, -0.05) is 13.0 Å². The van der Waals surface area contributed by atoms with Gasteiger partial charge in [0.2, 0.25) is 10.0 Å². The molecule has 6 heteroatoms. The monoisotopic (exact) mass is 299 g/mol. The molecule has 5 nitrogen and oxygen atoms in total. The summed E-state index contributed by atoms with van der Waals surface area (Å²) in [7, 11) is -2.42. The predicted octanol–water partition coefficient (Wildman–Crippen LogP) is 2.25.